The quantitative estimate of drug-likeness (QED) is 0.870. The fraction of sp³-hybridized carbons (Fsp3) is 0.500. The fourth-order valence-corrected chi connectivity index (χ4v) is 2.22. The minimum Gasteiger partial charge on any atom is -0.497 e. The molecule has 0 spiro atoms. The van der Waals surface area contributed by atoms with Crippen LogP contribution in [0.3, 0.4) is 0 Å². The number of anilines is 1. The number of nitrogens with one attached hydrogen (secondary N) is 2. The van der Waals surface area contributed by atoms with Crippen molar-refractivity contribution in [2.75, 3.05) is 26.1 Å². The van der Waals surface area contributed by atoms with Crippen molar-refractivity contribution in [3.63, 3.8) is 0 Å². The first-order valence-electron chi connectivity index (χ1n) is 6.47. The third-order valence-corrected chi connectivity index (χ3v) is 3.21. The standard InChI is InChI=1S/C14H20N2O3/c1-18-12-6-11(7-13(9-12)19-2)16-10-4-3-5-15-14(17)8-10/h6-7,9-10,16H,3-5,8H2,1-2H3,(H,15,17). The summed E-state index contributed by atoms with van der Waals surface area (Å²) in [6, 6.07) is 5.79. The van der Waals surface area contributed by atoms with Gasteiger partial charge in [-0.15, -0.1) is 0 Å². The fourth-order valence-electron chi connectivity index (χ4n) is 2.22. The molecule has 5 nitrogen and oxygen atoms in total. The second kappa shape index (κ2) is 6.31. The molecule has 0 bridgehead atoms. The van der Waals surface area contributed by atoms with E-state index in [1.807, 2.05) is 18.2 Å². The van der Waals surface area contributed by atoms with E-state index in [-0.39, 0.29) is 11.9 Å². The molecule has 1 amide bonds. The zero-order valence-corrected chi connectivity index (χ0v) is 11.4. The highest BCUT2D eigenvalue weighted by Crippen LogP contribution is 2.27. The van der Waals surface area contributed by atoms with Crippen molar-refractivity contribution >= 4 is 11.6 Å². The first-order chi connectivity index (χ1) is 9.21. The highest BCUT2D eigenvalue weighted by molar-refractivity contribution is 5.77. The van der Waals surface area contributed by atoms with Crippen LogP contribution in [0.2, 0.25) is 0 Å². The summed E-state index contributed by atoms with van der Waals surface area (Å²) in [5.41, 5.74) is 0.913. The van der Waals surface area contributed by atoms with Gasteiger partial charge in [-0.2, -0.15) is 0 Å². The lowest BCUT2D eigenvalue weighted by atomic mass is 10.1. The molecule has 0 radical (unpaired) electrons. The molecule has 1 heterocycles. The molecular weight excluding hydrogens is 244 g/mol. The van der Waals surface area contributed by atoms with E-state index in [0.717, 1.165) is 36.6 Å². The van der Waals surface area contributed by atoms with Gasteiger partial charge in [0.25, 0.3) is 0 Å². The first-order valence-corrected chi connectivity index (χ1v) is 6.47. The minimum absolute atomic E-state index is 0.102. The van der Waals surface area contributed by atoms with Crippen molar-refractivity contribution in [2.24, 2.45) is 0 Å². The maximum Gasteiger partial charge on any atom is 0.222 e. The van der Waals surface area contributed by atoms with E-state index >= 15 is 0 Å². The number of carbonyl (C=O) groups is 1. The van der Waals surface area contributed by atoms with Crippen LogP contribution in [0.25, 0.3) is 0 Å². The average molecular weight is 264 g/mol. The SMILES string of the molecule is COc1cc(NC2CCCNC(=O)C2)cc(OC)c1. The maximum atomic E-state index is 11.5. The van der Waals surface area contributed by atoms with E-state index in [1.54, 1.807) is 14.2 Å². The molecule has 1 atom stereocenters. The molecule has 0 aliphatic carbocycles. The summed E-state index contributed by atoms with van der Waals surface area (Å²) in [4.78, 5) is 11.5. The molecule has 0 aromatic heterocycles. The second-order valence-electron chi connectivity index (χ2n) is 4.64. The first kappa shape index (κ1) is 13.5. The second-order valence-corrected chi connectivity index (χ2v) is 4.64. The van der Waals surface area contributed by atoms with Crippen molar-refractivity contribution in [2.45, 2.75) is 25.3 Å². The van der Waals surface area contributed by atoms with Crippen molar-refractivity contribution in [1.82, 2.24) is 5.32 Å². The lowest BCUT2D eigenvalue weighted by molar-refractivity contribution is -0.120. The van der Waals surface area contributed by atoms with Crippen LogP contribution in [0, 0.1) is 0 Å². The van der Waals surface area contributed by atoms with Gasteiger partial charge in [0, 0.05) is 42.9 Å². The van der Waals surface area contributed by atoms with Crippen LogP contribution in [-0.4, -0.2) is 32.7 Å². The normalized spacial score (nSPS) is 19.3. The van der Waals surface area contributed by atoms with Crippen molar-refractivity contribution in [1.29, 1.82) is 0 Å². The Balaban J connectivity index is 2.10. The summed E-state index contributed by atoms with van der Waals surface area (Å²) >= 11 is 0. The molecule has 19 heavy (non-hydrogen) atoms. The van der Waals surface area contributed by atoms with E-state index in [4.69, 9.17) is 9.47 Å². The number of amides is 1. The van der Waals surface area contributed by atoms with Crippen molar-refractivity contribution in [3.8, 4) is 11.5 Å². The van der Waals surface area contributed by atoms with Gasteiger partial charge in [0.1, 0.15) is 11.5 Å². The maximum absolute atomic E-state index is 11.5. The highest BCUT2D eigenvalue weighted by Gasteiger charge is 2.17. The van der Waals surface area contributed by atoms with Gasteiger partial charge < -0.3 is 20.1 Å². The van der Waals surface area contributed by atoms with Gasteiger partial charge in [0.05, 0.1) is 14.2 Å². The number of hydrogen-bond acceptors (Lipinski definition) is 4. The molecule has 2 N–H and O–H groups in total. The third kappa shape index (κ3) is 3.77. The smallest absolute Gasteiger partial charge is 0.222 e. The monoisotopic (exact) mass is 264 g/mol. The molecule has 1 aliphatic heterocycles. The van der Waals surface area contributed by atoms with Crippen LogP contribution in [0.4, 0.5) is 5.69 Å². The van der Waals surface area contributed by atoms with E-state index in [2.05, 4.69) is 10.6 Å². The van der Waals surface area contributed by atoms with Crippen LogP contribution in [0.1, 0.15) is 19.3 Å². The molecule has 1 unspecified atom stereocenters. The van der Waals surface area contributed by atoms with E-state index in [1.165, 1.54) is 0 Å². The topological polar surface area (TPSA) is 59.6 Å². The van der Waals surface area contributed by atoms with E-state index < -0.39 is 0 Å². The van der Waals surface area contributed by atoms with Crippen LogP contribution >= 0.6 is 0 Å². The Morgan fingerprint density at radius 1 is 1.21 bits per heavy atom. The lowest BCUT2D eigenvalue weighted by Crippen LogP contribution is -2.26. The molecule has 2 rings (SSSR count). The van der Waals surface area contributed by atoms with Gasteiger partial charge in [-0.3, -0.25) is 4.79 Å². The Kier molecular flexibility index (Phi) is 4.49. The highest BCUT2D eigenvalue weighted by atomic mass is 16.5. The number of methoxy groups -OCH3 is 2. The summed E-state index contributed by atoms with van der Waals surface area (Å²) in [5.74, 6) is 1.57. The molecule has 5 heteroatoms. The van der Waals surface area contributed by atoms with Gasteiger partial charge in [-0.25, -0.2) is 0 Å². The molecule has 104 valence electrons. The largest absolute Gasteiger partial charge is 0.497 e. The number of carbonyl (C=O) groups excluding carboxylic acids is 1. The zero-order valence-electron chi connectivity index (χ0n) is 11.4. The molecule has 1 aromatic carbocycles. The molecule has 1 fully saturated rings. The summed E-state index contributed by atoms with van der Waals surface area (Å²) in [7, 11) is 3.25. The van der Waals surface area contributed by atoms with Gasteiger partial charge in [0.2, 0.25) is 5.91 Å². The lowest BCUT2D eigenvalue weighted by Gasteiger charge is -2.18. The number of rotatable bonds is 4. The van der Waals surface area contributed by atoms with Crippen LogP contribution in [-0.2, 0) is 4.79 Å². The minimum atomic E-state index is 0.102. The summed E-state index contributed by atoms with van der Waals surface area (Å²) in [6.07, 6.45) is 2.46. The van der Waals surface area contributed by atoms with Gasteiger partial charge in [-0.05, 0) is 12.8 Å². The van der Waals surface area contributed by atoms with Crippen molar-refractivity contribution in [3.05, 3.63) is 18.2 Å². The van der Waals surface area contributed by atoms with Crippen LogP contribution in [0.5, 0.6) is 11.5 Å². The number of hydrogen-bond donors (Lipinski definition) is 2. The van der Waals surface area contributed by atoms with Gasteiger partial charge in [-0.1, -0.05) is 0 Å². The molecule has 1 saturated heterocycles. The van der Waals surface area contributed by atoms with Crippen LogP contribution < -0.4 is 20.1 Å². The Morgan fingerprint density at radius 3 is 2.53 bits per heavy atom. The summed E-state index contributed by atoms with van der Waals surface area (Å²) in [6.45, 7) is 0.762. The third-order valence-electron chi connectivity index (χ3n) is 3.21. The predicted octanol–water partition coefficient (Wildman–Crippen LogP) is 1.78. The van der Waals surface area contributed by atoms with Gasteiger partial charge in [0.15, 0.2) is 0 Å². The Hall–Kier alpha value is -1.91. The van der Waals surface area contributed by atoms with Crippen molar-refractivity contribution < 1.29 is 14.3 Å². The van der Waals surface area contributed by atoms with Crippen LogP contribution in [0.15, 0.2) is 18.2 Å². The number of ether oxygens (including phenoxy) is 2. The van der Waals surface area contributed by atoms with E-state index in [0.29, 0.717) is 6.42 Å². The summed E-state index contributed by atoms with van der Waals surface area (Å²) < 4.78 is 10.5. The summed E-state index contributed by atoms with van der Waals surface area (Å²) in [5, 5.41) is 6.26. The van der Waals surface area contributed by atoms with E-state index in [9.17, 15) is 4.79 Å². The molecule has 1 aliphatic rings. The Morgan fingerprint density at radius 2 is 1.89 bits per heavy atom. The number of benzene rings is 1. The molecular formula is C14H20N2O3. The van der Waals surface area contributed by atoms with Gasteiger partial charge >= 0.3 is 0 Å². The molecule has 1 aromatic rings. The predicted molar refractivity (Wildman–Crippen MR) is 73.8 cm³/mol. The molecule has 0 saturated carbocycles. The Labute approximate surface area is 113 Å². The average Bonchev–Trinajstić information content (AvgIpc) is 2.62. The zero-order chi connectivity index (χ0) is 13.7. The Bertz CT molecular complexity index is 426.